The molecule has 0 amide bonds. The number of carbonyl (C=O) groups excluding carboxylic acids is 1. The van der Waals surface area contributed by atoms with E-state index in [2.05, 4.69) is 19.9 Å². The molecule has 1 aromatic rings. The Morgan fingerprint density at radius 2 is 2.06 bits per heavy atom. The number of benzene rings is 1. The Morgan fingerprint density at radius 3 is 2.72 bits per heavy atom. The minimum absolute atomic E-state index is 0.254. The van der Waals surface area contributed by atoms with Gasteiger partial charge in [-0.2, -0.15) is 0 Å². The number of ketones is 1. The van der Waals surface area contributed by atoms with E-state index in [4.69, 9.17) is 0 Å². The van der Waals surface area contributed by atoms with Crippen LogP contribution in [-0.4, -0.2) is 5.78 Å². The van der Waals surface area contributed by atoms with Gasteiger partial charge in [0, 0.05) is 11.5 Å². The number of unbranched alkanes of at least 4 members (excludes halogenated alkanes) is 1. The van der Waals surface area contributed by atoms with Crippen molar-refractivity contribution in [3.63, 3.8) is 0 Å². The molecule has 0 aromatic heterocycles. The maximum atomic E-state index is 12.3. The smallest absolute Gasteiger partial charge is 0.166 e. The molecule has 0 radical (unpaired) electrons. The summed E-state index contributed by atoms with van der Waals surface area (Å²) in [5.74, 6) is 1.37. The first kappa shape index (κ1) is 13.3. The lowest BCUT2D eigenvalue weighted by molar-refractivity contribution is 0.0916. The third kappa shape index (κ3) is 2.82. The van der Waals surface area contributed by atoms with E-state index >= 15 is 0 Å². The Balaban J connectivity index is 1.98. The first-order valence-electron chi connectivity index (χ1n) is 7.38. The summed E-state index contributed by atoms with van der Waals surface area (Å²) in [6, 6.07) is 8.13. The standard InChI is InChI=1S/C17H24O/c1-3-5-8-13(4-2)11-15-12-14-9-6-7-10-16(14)17(15)18/h6-7,9-10,13,15H,3-5,8,11-12H2,1-2H3. The number of hydrogen-bond acceptors (Lipinski definition) is 1. The van der Waals surface area contributed by atoms with Crippen molar-refractivity contribution >= 4 is 5.78 Å². The molecule has 0 heterocycles. The monoisotopic (exact) mass is 244 g/mol. The Hall–Kier alpha value is -1.11. The van der Waals surface area contributed by atoms with Gasteiger partial charge in [0.2, 0.25) is 0 Å². The van der Waals surface area contributed by atoms with Crippen LogP contribution in [0.2, 0.25) is 0 Å². The van der Waals surface area contributed by atoms with Crippen molar-refractivity contribution in [3.8, 4) is 0 Å². The van der Waals surface area contributed by atoms with E-state index in [-0.39, 0.29) is 5.92 Å². The summed E-state index contributed by atoms with van der Waals surface area (Å²) in [7, 11) is 0. The number of Topliss-reactive ketones (excluding diaryl/α,β-unsaturated/α-hetero) is 1. The number of hydrogen-bond donors (Lipinski definition) is 0. The van der Waals surface area contributed by atoms with Crippen molar-refractivity contribution in [1.29, 1.82) is 0 Å². The molecule has 2 unspecified atom stereocenters. The van der Waals surface area contributed by atoms with Gasteiger partial charge in [-0.3, -0.25) is 4.79 Å². The predicted molar refractivity (Wildman–Crippen MR) is 75.9 cm³/mol. The van der Waals surface area contributed by atoms with Crippen LogP contribution in [0.25, 0.3) is 0 Å². The summed E-state index contributed by atoms with van der Waals surface area (Å²) < 4.78 is 0. The lowest BCUT2D eigenvalue weighted by atomic mass is 9.87. The predicted octanol–water partition coefficient (Wildman–Crippen LogP) is 4.65. The number of carbonyl (C=O) groups is 1. The fourth-order valence-electron chi connectivity index (χ4n) is 3.09. The zero-order valence-corrected chi connectivity index (χ0v) is 11.6. The second-order valence-corrected chi connectivity index (χ2v) is 5.57. The lowest BCUT2D eigenvalue weighted by Gasteiger charge is -2.17. The Morgan fingerprint density at radius 1 is 1.28 bits per heavy atom. The molecule has 18 heavy (non-hydrogen) atoms. The van der Waals surface area contributed by atoms with Crippen LogP contribution in [0.15, 0.2) is 24.3 Å². The summed E-state index contributed by atoms with van der Waals surface area (Å²) in [6.45, 7) is 4.50. The topological polar surface area (TPSA) is 17.1 Å². The molecule has 1 aliphatic carbocycles. The van der Waals surface area contributed by atoms with E-state index < -0.39 is 0 Å². The second kappa shape index (κ2) is 6.17. The molecule has 0 N–H and O–H groups in total. The summed E-state index contributed by atoms with van der Waals surface area (Å²) >= 11 is 0. The normalized spacial score (nSPS) is 19.9. The van der Waals surface area contributed by atoms with Gasteiger partial charge in [0.05, 0.1) is 0 Å². The molecule has 0 fully saturated rings. The third-order valence-corrected chi connectivity index (χ3v) is 4.28. The van der Waals surface area contributed by atoms with Crippen LogP contribution in [-0.2, 0) is 6.42 Å². The lowest BCUT2D eigenvalue weighted by Crippen LogP contribution is -2.14. The van der Waals surface area contributed by atoms with E-state index in [1.165, 1.54) is 31.2 Å². The van der Waals surface area contributed by atoms with Gasteiger partial charge in [-0.1, -0.05) is 63.8 Å². The third-order valence-electron chi connectivity index (χ3n) is 4.28. The second-order valence-electron chi connectivity index (χ2n) is 5.57. The Kier molecular flexibility index (Phi) is 4.57. The quantitative estimate of drug-likeness (QED) is 0.712. The molecule has 0 saturated carbocycles. The number of fused-ring (bicyclic) bond motifs is 1. The molecule has 2 rings (SSSR count). The first-order chi connectivity index (χ1) is 8.76. The fourth-order valence-corrected chi connectivity index (χ4v) is 3.09. The molecular weight excluding hydrogens is 220 g/mol. The number of rotatable bonds is 6. The average molecular weight is 244 g/mol. The minimum Gasteiger partial charge on any atom is -0.294 e. The van der Waals surface area contributed by atoms with E-state index in [1.54, 1.807) is 0 Å². The highest BCUT2D eigenvalue weighted by atomic mass is 16.1. The molecule has 1 heteroatoms. The molecule has 1 aromatic carbocycles. The zero-order chi connectivity index (χ0) is 13.0. The summed E-state index contributed by atoms with van der Waals surface area (Å²) in [6.07, 6.45) is 7.11. The van der Waals surface area contributed by atoms with Crippen molar-refractivity contribution in [2.75, 3.05) is 0 Å². The van der Waals surface area contributed by atoms with Gasteiger partial charge in [-0.05, 0) is 24.3 Å². The fraction of sp³-hybridized carbons (Fsp3) is 0.588. The highest BCUT2D eigenvalue weighted by molar-refractivity contribution is 6.02. The molecular formula is C17H24O. The highest BCUT2D eigenvalue weighted by Gasteiger charge is 2.31. The van der Waals surface area contributed by atoms with Crippen LogP contribution in [0.1, 0.15) is 61.9 Å². The van der Waals surface area contributed by atoms with Crippen LogP contribution in [0.5, 0.6) is 0 Å². The van der Waals surface area contributed by atoms with Crippen LogP contribution < -0.4 is 0 Å². The molecule has 98 valence electrons. The highest BCUT2D eigenvalue weighted by Crippen LogP contribution is 2.32. The van der Waals surface area contributed by atoms with Gasteiger partial charge in [0.15, 0.2) is 5.78 Å². The van der Waals surface area contributed by atoms with Gasteiger partial charge >= 0.3 is 0 Å². The van der Waals surface area contributed by atoms with Gasteiger partial charge in [-0.15, -0.1) is 0 Å². The SMILES string of the molecule is CCCCC(CC)CC1Cc2ccccc2C1=O. The summed E-state index contributed by atoms with van der Waals surface area (Å²) in [5.41, 5.74) is 2.24. The van der Waals surface area contributed by atoms with Crippen LogP contribution in [0.3, 0.4) is 0 Å². The van der Waals surface area contributed by atoms with Gasteiger partial charge < -0.3 is 0 Å². The zero-order valence-electron chi connectivity index (χ0n) is 11.6. The Labute approximate surface area is 111 Å². The van der Waals surface area contributed by atoms with Crippen LogP contribution >= 0.6 is 0 Å². The molecule has 0 aliphatic heterocycles. The largest absolute Gasteiger partial charge is 0.294 e. The first-order valence-corrected chi connectivity index (χ1v) is 7.38. The van der Waals surface area contributed by atoms with E-state index in [0.29, 0.717) is 5.78 Å². The molecule has 1 nitrogen and oxygen atoms in total. The Bertz CT molecular complexity index is 408. The summed E-state index contributed by atoms with van der Waals surface area (Å²) in [5, 5.41) is 0. The van der Waals surface area contributed by atoms with Crippen molar-refractivity contribution in [1.82, 2.24) is 0 Å². The minimum atomic E-state index is 0.254. The maximum Gasteiger partial charge on any atom is 0.166 e. The maximum absolute atomic E-state index is 12.3. The molecule has 1 aliphatic rings. The van der Waals surface area contributed by atoms with E-state index in [0.717, 1.165) is 24.3 Å². The van der Waals surface area contributed by atoms with Gasteiger partial charge in [-0.25, -0.2) is 0 Å². The summed E-state index contributed by atoms with van der Waals surface area (Å²) in [4.78, 5) is 12.3. The van der Waals surface area contributed by atoms with Gasteiger partial charge in [0.1, 0.15) is 0 Å². The van der Waals surface area contributed by atoms with Crippen LogP contribution in [0, 0.1) is 11.8 Å². The van der Waals surface area contributed by atoms with Crippen molar-refractivity contribution < 1.29 is 4.79 Å². The van der Waals surface area contributed by atoms with Gasteiger partial charge in [0.25, 0.3) is 0 Å². The van der Waals surface area contributed by atoms with Crippen molar-refractivity contribution in [3.05, 3.63) is 35.4 Å². The van der Waals surface area contributed by atoms with E-state index in [9.17, 15) is 4.79 Å². The van der Waals surface area contributed by atoms with E-state index in [1.807, 2.05) is 18.2 Å². The van der Waals surface area contributed by atoms with Crippen molar-refractivity contribution in [2.24, 2.45) is 11.8 Å². The molecule has 0 spiro atoms. The molecule has 0 saturated heterocycles. The van der Waals surface area contributed by atoms with Crippen molar-refractivity contribution in [2.45, 2.75) is 52.4 Å². The molecule has 0 bridgehead atoms. The van der Waals surface area contributed by atoms with Crippen LogP contribution in [0.4, 0.5) is 0 Å². The molecule has 2 atom stereocenters. The average Bonchev–Trinajstić information content (AvgIpc) is 2.72.